The lowest BCUT2D eigenvalue weighted by molar-refractivity contribution is -0.121. The summed E-state index contributed by atoms with van der Waals surface area (Å²) in [6, 6.07) is 8.27. The number of aromatic nitrogens is 2. The first-order valence-corrected chi connectivity index (χ1v) is 9.42. The Balaban J connectivity index is 1.38. The predicted octanol–water partition coefficient (Wildman–Crippen LogP) is 2.39. The van der Waals surface area contributed by atoms with E-state index in [0.29, 0.717) is 37.6 Å². The van der Waals surface area contributed by atoms with Gasteiger partial charge in [-0.1, -0.05) is 25.1 Å². The number of hydrogen-bond acceptors (Lipinski definition) is 5. The third-order valence-corrected chi connectivity index (χ3v) is 5.57. The highest BCUT2D eigenvalue weighted by Crippen LogP contribution is 2.34. The number of hydrogen-bond donors (Lipinski definition) is 1. The van der Waals surface area contributed by atoms with Gasteiger partial charge in [0.15, 0.2) is 11.6 Å². The molecule has 1 aromatic carbocycles. The lowest BCUT2D eigenvalue weighted by Crippen LogP contribution is -2.70. The summed E-state index contributed by atoms with van der Waals surface area (Å²) in [5.74, 6) is 0.0691. The second-order valence-corrected chi connectivity index (χ2v) is 7.30. The number of anilines is 2. The third kappa shape index (κ3) is 3.39. The van der Waals surface area contributed by atoms with Crippen molar-refractivity contribution in [1.82, 2.24) is 14.9 Å². The van der Waals surface area contributed by atoms with Gasteiger partial charge in [-0.25, -0.2) is 14.4 Å². The van der Waals surface area contributed by atoms with Gasteiger partial charge in [-0.3, -0.25) is 9.69 Å². The topological polar surface area (TPSA) is 61.4 Å². The van der Waals surface area contributed by atoms with Crippen LogP contribution in [0.25, 0.3) is 0 Å². The average molecular weight is 369 g/mol. The number of piperidine rings is 1. The SMILES string of the molecule is CCc1ncnc(N2CC3CC(C2)N3CC(=O)Nc2ccccc2C)c1F. The molecule has 7 heteroatoms. The van der Waals surface area contributed by atoms with Crippen LogP contribution in [0.3, 0.4) is 0 Å². The zero-order valence-electron chi connectivity index (χ0n) is 15.7. The maximum atomic E-state index is 14.5. The molecule has 3 saturated heterocycles. The molecule has 1 aromatic heterocycles. The molecule has 0 saturated carbocycles. The fourth-order valence-electron chi connectivity index (χ4n) is 4.05. The minimum atomic E-state index is -0.315. The minimum absolute atomic E-state index is 0.00561. The molecule has 2 unspecified atom stereocenters. The van der Waals surface area contributed by atoms with Crippen molar-refractivity contribution in [3.63, 3.8) is 0 Å². The molecule has 2 bridgehead atoms. The first-order chi connectivity index (χ1) is 13.1. The van der Waals surface area contributed by atoms with Gasteiger partial charge in [0.2, 0.25) is 5.91 Å². The maximum Gasteiger partial charge on any atom is 0.238 e. The molecule has 5 rings (SSSR count). The number of carbonyl (C=O) groups excluding carboxylic acids is 1. The van der Waals surface area contributed by atoms with Gasteiger partial charge in [0.25, 0.3) is 0 Å². The highest BCUT2D eigenvalue weighted by molar-refractivity contribution is 5.93. The molecule has 0 radical (unpaired) electrons. The molecule has 1 N–H and O–H groups in total. The van der Waals surface area contributed by atoms with Crippen molar-refractivity contribution < 1.29 is 9.18 Å². The number of para-hydroxylation sites is 1. The fourth-order valence-corrected chi connectivity index (χ4v) is 4.05. The Morgan fingerprint density at radius 1 is 1.26 bits per heavy atom. The summed E-state index contributed by atoms with van der Waals surface area (Å²) in [6.45, 7) is 5.60. The van der Waals surface area contributed by atoms with Crippen molar-refractivity contribution in [3.8, 4) is 0 Å². The summed E-state index contributed by atoms with van der Waals surface area (Å²) in [5, 5.41) is 2.99. The number of fused-ring (bicyclic) bond motifs is 2. The van der Waals surface area contributed by atoms with Crippen molar-refractivity contribution in [2.75, 3.05) is 29.9 Å². The highest BCUT2D eigenvalue weighted by atomic mass is 19.1. The van der Waals surface area contributed by atoms with E-state index in [-0.39, 0.29) is 23.8 Å². The number of nitrogens with zero attached hydrogens (tertiary/aromatic N) is 4. The molecule has 3 aliphatic rings. The fraction of sp³-hybridized carbons (Fsp3) is 0.450. The number of aryl methyl sites for hydroxylation is 2. The molecule has 6 nitrogen and oxygen atoms in total. The van der Waals surface area contributed by atoms with Crippen LogP contribution in [0, 0.1) is 12.7 Å². The Labute approximate surface area is 158 Å². The minimum Gasteiger partial charge on any atom is -0.351 e. The van der Waals surface area contributed by atoms with Crippen molar-refractivity contribution >= 4 is 17.4 Å². The molecule has 2 aromatic rings. The Bertz CT molecular complexity index is 846. The highest BCUT2D eigenvalue weighted by Gasteiger charge is 2.46. The van der Waals surface area contributed by atoms with Crippen LogP contribution in [0.15, 0.2) is 30.6 Å². The maximum absolute atomic E-state index is 14.5. The molecule has 0 aliphatic carbocycles. The lowest BCUT2D eigenvalue weighted by atomic mass is 9.87. The summed E-state index contributed by atoms with van der Waals surface area (Å²) in [4.78, 5) is 24.8. The Kier molecular flexibility index (Phi) is 4.78. The zero-order valence-corrected chi connectivity index (χ0v) is 15.7. The molecule has 142 valence electrons. The van der Waals surface area contributed by atoms with Crippen molar-refractivity contribution in [1.29, 1.82) is 0 Å². The number of nitrogens with one attached hydrogen (secondary N) is 1. The van der Waals surface area contributed by atoms with Crippen LogP contribution in [0.1, 0.15) is 24.6 Å². The Hall–Kier alpha value is -2.54. The zero-order chi connectivity index (χ0) is 19.0. The predicted molar refractivity (Wildman–Crippen MR) is 102 cm³/mol. The molecule has 3 fully saturated rings. The first-order valence-electron chi connectivity index (χ1n) is 9.42. The van der Waals surface area contributed by atoms with E-state index in [4.69, 9.17) is 0 Å². The summed E-state index contributed by atoms with van der Waals surface area (Å²) in [5.41, 5.74) is 2.35. The van der Waals surface area contributed by atoms with Gasteiger partial charge in [0, 0.05) is 30.9 Å². The number of piperazine rings is 1. The second-order valence-electron chi connectivity index (χ2n) is 7.30. The summed E-state index contributed by atoms with van der Waals surface area (Å²) in [6.07, 6.45) is 3.03. The van der Waals surface area contributed by atoms with Crippen LogP contribution in [0.4, 0.5) is 15.9 Å². The molecule has 4 heterocycles. The molecule has 27 heavy (non-hydrogen) atoms. The van der Waals surface area contributed by atoms with Crippen LogP contribution in [0.2, 0.25) is 0 Å². The van der Waals surface area contributed by atoms with E-state index >= 15 is 0 Å². The van der Waals surface area contributed by atoms with Gasteiger partial charge in [0.05, 0.1) is 12.2 Å². The number of rotatable bonds is 5. The smallest absolute Gasteiger partial charge is 0.238 e. The molecule has 1 amide bonds. The quantitative estimate of drug-likeness (QED) is 0.877. The van der Waals surface area contributed by atoms with Crippen LogP contribution < -0.4 is 10.2 Å². The van der Waals surface area contributed by atoms with E-state index in [1.165, 1.54) is 6.33 Å². The summed E-state index contributed by atoms with van der Waals surface area (Å²) in [7, 11) is 0. The first kappa shape index (κ1) is 17.9. The van der Waals surface area contributed by atoms with E-state index in [1.54, 1.807) is 0 Å². The van der Waals surface area contributed by atoms with E-state index < -0.39 is 0 Å². The molecular weight excluding hydrogens is 345 g/mol. The van der Waals surface area contributed by atoms with Crippen LogP contribution in [0.5, 0.6) is 0 Å². The van der Waals surface area contributed by atoms with Gasteiger partial charge in [-0.15, -0.1) is 0 Å². The number of benzene rings is 1. The van der Waals surface area contributed by atoms with Crippen molar-refractivity contribution in [2.45, 2.75) is 38.8 Å². The van der Waals surface area contributed by atoms with Crippen molar-refractivity contribution in [2.24, 2.45) is 0 Å². The Morgan fingerprint density at radius 3 is 2.70 bits per heavy atom. The standard InChI is InChI=1S/C20H24FN5O/c1-3-16-19(21)20(23-12-22-16)25-9-14-8-15(10-25)26(14)11-18(27)24-17-7-5-4-6-13(17)2/h4-7,12,14-15H,3,8-11H2,1-2H3,(H,24,27). The average Bonchev–Trinajstić information content (AvgIpc) is 2.68. The third-order valence-electron chi connectivity index (χ3n) is 5.57. The monoisotopic (exact) mass is 369 g/mol. The molecule has 2 atom stereocenters. The lowest BCUT2D eigenvalue weighted by Gasteiger charge is -2.56. The van der Waals surface area contributed by atoms with E-state index in [2.05, 4.69) is 20.2 Å². The number of carbonyl (C=O) groups is 1. The van der Waals surface area contributed by atoms with Crippen LogP contribution >= 0.6 is 0 Å². The van der Waals surface area contributed by atoms with Gasteiger partial charge < -0.3 is 10.2 Å². The summed E-state index contributed by atoms with van der Waals surface area (Å²) < 4.78 is 14.5. The van der Waals surface area contributed by atoms with E-state index in [0.717, 1.165) is 17.7 Å². The van der Waals surface area contributed by atoms with E-state index in [9.17, 15) is 9.18 Å². The molecular formula is C20H24FN5O. The van der Waals surface area contributed by atoms with Crippen LogP contribution in [-0.2, 0) is 11.2 Å². The normalized spacial score (nSPS) is 21.7. The number of amides is 1. The molecule has 3 aliphatic heterocycles. The van der Waals surface area contributed by atoms with Gasteiger partial charge >= 0.3 is 0 Å². The largest absolute Gasteiger partial charge is 0.351 e. The van der Waals surface area contributed by atoms with Gasteiger partial charge in [0.1, 0.15) is 6.33 Å². The summed E-state index contributed by atoms with van der Waals surface area (Å²) >= 11 is 0. The van der Waals surface area contributed by atoms with Gasteiger partial charge in [-0.2, -0.15) is 0 Å². The van der Waals surface area contributed by atoms with Crippen LogP contribution in [-0.4, -0.2) is 52.5 Å². The van der Waals surface area contributed by atoms with Gasteiger partial charge in [-0.05, 0) is 31.4 Å². The number of halogens is 1. The van der Waals surface area contributed by atoms with E-state index in [1.807, 2.05) is 43.0 Å². The molecule has 0 spiro atoms. The Morgan fingerprint density at radius 2 is 2.00 bits per heavy atom. The second kappa shape index (κ2) is 7.23. The van der Waals surface area contributed by atoms with Crippen molar-refractivity contribution in [3.05, 3.63) is 47.7 Å².